The van der Waals surface area contributed by atoms with Gasteiger partial charge in [-0.1, -0.05) is 13.8 Å². The molecule has 2 atom stereocenters. The zero-order valence-electron chi connectivity index (χ0n) is 9.18. The average molecular weight is 199 g/mol. The smallest absolute Gasteiger partial charge is 0.0773 e. The van der Waals surface area contributed by atoms with Gasteiger partial charge in [-0.25, -0.2) is 0 Å². The summed E-state index contributed by atoms with van der Waals surface area (Å²) in [6.45, 7) is 7.68. The van der Waals surface area contributed by atoms with Crippen LogP contribution in [0.2, 0.25) is 0 Å². The summed E-state index contributed by atoms with van der Waals surface area (Å²) in [5, 5.41) is 14.1. The highest BCUT2D eigenvalue weighted by Gasteiger charge is 2.51. The lowest BCUT2D eigenvalue weighted by atomic mass is 9.64. The lowest BCUT2D eigenvalue weighted by molar-refractivity contribution is -0.130. The molecule has 0 bridgehead atoms. The van der Waals surface area contributed by atoms with E-state index in [0.29, 0.717) is 5.92 Å². The van der Waals surface area contributed by atoms with Crippen LogP contribution in [0.1, 0.15) is 26.7 Å². The highest BCUT2D eigenvalue weighted by molar-refractivity contribution is 5.03. The van der Waals surface area contributed by atoms with E-state index in [-0.39, 0.29) is 5.41 Å². The summed E-state index contributed by atoms with van der Waals surface area (Å²) < 4.78 is 5.39. The van der Waals surface area contributed by atoms with Crippen LogP contribution >= 0.6 is 0 Å². The molecule has 2 unspecified atom stereocenters. The zero-order chi connectivity index (χ0) is 10.2. The van der Waals surface area contributed by atoms with Gasteiger partial charge in [-0.2, -0.15) is 0 Å². The van der Waals surface area contributed by atoms with Crippen LogP contribution in [-0.2, 0) is 4.74 Å². The highest BCUT2D eigenvalue weighted by atomic mass is 16.5. The molecule has 0 aromatic heterocycles. The highest BCUT2D eigenvalue weighted by Crippen LogP contribution is 2.44. The normalized spacial score (nSPS) is 42.6. The minimum atomic E-state index is -0.533. The molecule has 0 radical (unpaired) electrons. The maximum Gasteiger partial charge on any atom is 0.0773 e. The Labute approximate surface area is 85.8 Å². The molecule has 0 saturated carbocycles. The number of hydrogen-bond donors (Lipinski definition) is 2. The van der Waals surface area contributed by atoms with Gasteiger partial charge in [0.25, 0.3) is 0 Å². The molecule has 82 valence electrons. The Morgan fingerprint density at radius 2 is 2.21 bits per heavy atom. The van der Waals surface area contributed by atoms with Crippen LogP contribution in [0.15, 0.2) is 0 Å². The van der Waals surface area contributed by atoms with Gasteiger partial charge in [0.15, 0.2) is 0 Å². The molecule has 0 aromatic rings. The van der Waals surface area contributed by atoms with Crippen molar-refractivity contribution in [2.75, 3.05) is 26.3 Å². The fourth-order valence-electron chi connectivity index (χ4n) is 2.84. The Morgan fingerprint density at radius 3 is 2.79 bits per heavy atom. The molecule has 2 aliphatic heterocycles. The predicted octanol–water partition coefficient (Wildman–Crippen LogP) is 0.773. The number of nitrogens with one attached hydrogen (secondary N) is 1. The third-order valence-corrected chi connectivity index (χ3v) is 4.03. The topological polar surface area (TPSA) is 41.5 Å². The van der Waals surface area contributed by atoms with Gasteiger partial charge in [0.1, 0.15) is 0 Å². The van der Waals surface area contributed by atoms with Crippen LogP contribution in [0.25, 0.3) is 0 Å². The van der Waals surface area contributed by atoms with Crippen LogP contribution in [0.3, 0.4) is 0 Å². The molecule has 2 rings (SSSR count). The molecule has 0 spiro atoms. The molecule has 14 heavy (non-hydrogen) atoms. The Morgan fingerprint density at radius 1 is 1.43 bits per heavy atom. The van der Waals surface area contributed by atoms with Crippen LogP contribution in [-0.4, -0.2) is 37.0 Å². The summed E-state index contributed by atoms with van der Waals surface area (Å²) in [7, 11) is 0. The summed E-state index contributed by atoms with van der Waals surface area (Å²) in [6.07, 6.45) is 1.87. The van der Waals surface area contributed by atoms with Gasteiger partial charge in [0.2, 0.25) is 0 Å². The van der Waals surface area contributed by atoms with Crippen molar-refractivity contribution in [2.45, 2.75) is 32.3 Å². The first-order valence-electron chi connectivity index (χ1n) is 5.57. The first-order valence-corrected chi connectivity index (χ1v) is 5.57. The van der Waals surface area contributed by atoms with E-state index in [9.17, 15) is 5.11 Å². The molecule has 3 heteroatoms. The van der Waals surface area contributed by atoms with Crippen LogP contribution in [0, 0.1) is 11.3 Å². The minimum Gasteiger partial charge on any atom is -0.389 e. The fourth-order valence-corrected chi connectivity index (χ4v) is 2.84. The van der Waals surface area contributed by atoms with Crippen molar-refractivity contribution in [3.8, 4) is 0 Å². The Kier molecular flexibility index (Phi) is 2.58. The molecule has 0 aliphatic carbocycles. The zero-order valence-corrected chi connectivity index (χ0v) is 9.18. The third kappa shape index (κ3) is 1.47. The summed E-state index contributed by atoms with van der Waals surface area (Å²) in [5.41, 5.74) is -0.571. The SMILES string of the molecule is CC1(C)CNCCC1(O)C1CCOC1. The van der Waals surface area contributed by atoms with Gasteiger partial charge in [-0.15, -0.1) is 0 Å². The van der Waals surface area contributed by atoms with E-state index in [4.69, 9.17) is 4.74 Å². The standard InChI is InChI=1S/C11H21NO2/c1-10(2)8-12-5-4-11(10,13)9-3-6-14-7-9/h9,12-13H,3-8H2,1-2H3. The summed E-state index contributed by atoms with van der Waals surface area (Å²) in [4.78, 5) is 0. The number of hydrogen-bond acceptors (Lipinski definition) is 3. The van der Waals surface area contributed by atoms with Crippen LogP contribution in [0.4, 0.5) is 0 Å². The van der Waals surface area contributed by atoms with E-state index < -0.39 is 5.60 Å². The third-order valence-electron chi connectivity index (χ3n) is 4.03. The fraction of sp³-hybridized carbons (Fsp3) is 1.00. The molecule has 2 heterocycles. The first kappa shape index (κ1) is 10.4. The van der Waals surface area contributed by atoms with Crippen molar-refractivity contribution < 1.29 is 9.84 Å². The summed E-state index contributed by atoms with van der Waals surface area (Å²) >= 11 is 0. The van der Waals surface area contributed by atoms with Gasteiger partial charge >= 0.3 is 0 Å². The maximum absolute atomic E-state index is 10.8. The molecular formula is C11H21NO2. The molecule has 0 amide bonds. The van der Waals surface area contributed by atoms with E-state index in [2.05, 4.69) is 19.2 Å². The minimum absolute atomic E-state index is 0.0381. The van der Waals surface area contributed by atoms with E-state index in [0.717, 1.165) is 39.1 Å². The lowest BCUT2D eigenvalue weighted by Crippen LogP contribution is -2.60. The van der Waals surface area contributed by atoms with Crippen molar-refractivity contribution in [1.82, 2.24) is 5.32 Å². The van der Waals surface area contributed by atoms with Crippen LogP contribution in [0.5, 0.6) is 0 Å². The summed E-state index contributed by atoms with van der Waals surface area (Å²) in [5.74, 6) is 0.333. The van der Waals surface area contributed by atoms with Gasteiger partial charge in [0.05, 0.1) is 12.2 Å². The van der Waals surface area contributed by atoms with E-state index in [1.54, 1.807) is 0 Å². The van der Waals surface area contributed by atoms with Gasteiger partial charge in [-0.3, -0.25) is 0 Å². The van der Waals surface area contributed by atoms with Crippen molar-refractivity contribution >= 4 is 0 Å². The van der Waals surface area contributed by atoms with Crippen molar-refractivity contribution in [3.63, 3.8) is 0 Å². The number of piperidine rings is 1. The second-order valence-electron chi connectivity index (χ2n) is 5.30. The van der Waals surface area contributed by atoms with Crippen molar-refractivity contribution in [2.24, 2.45) is 11.3 Å². The second-order valence-corrected chi connectivity index (χ2v) is 5.30. The Balaban J connectivity index is 2.17. The number of aliphatic hydroxyl groups is 1. The molecule has 2 saturated heterocycles. The van der Waals surface area contributed by atoms with E-state index in [1.165, 1.54) is 0 Å². The Hall–Kier alpha value is -0.120. The second kappa shape index (κ2) is 3.47. The molecule has 0 aromatic carbocycles. The van der Waals surface area contributed by atoms with Gasteiger partial charge < -0.3 is 15.2 Å². The monoisotopic (exact) mass is 199 g/mol. The number of rotatable bonds is 1. The molecule has 3 nitrogen and oxygen atoms in total. The lowest BCUT2D eigenvalue weighted by Gasteiger charge is -2.49. The molecule has 2 N–H and O–H groups in total. The maximum atomic E-state index is 10.8. The quantitative estimate of drug-likeness (QED) is 0.655. The largest absolute Gasteiger partial charge is 0.389 e. The van der Waals surface area contributed by atoms with E-state index in [1.807, 2.05) is 0 Å². The van der Waals surface area contributed by atoms with Gasteiger partial charge in [0, 0.05) is 24.5 Å². The molecule has 2 fully saturated rings. The predicted molar refractivity (Wildman–Crippen MR) is 55.1 cm³/mol. The van der Waals surface area contributed by atoms with Gasteiger partial charge in [-0.05, 0) is 19.4 Å². The van der Waals surface area contributed by atoms with Crippen LogP contribution < -0.4 is 5.32 Å². The first-order chi connectivity index (χ1) is 6.56. The van der Waals surface area contributed by atoms with Crippen molar-refractivity contribution in [3.05, 3.63) is 0 Å². The average Bonchev–Trinajstić information content (AvgIpc) is 2.63. The molecular weight excluding hydrogens is 178 g/mol. The molecule has 2 aliphatic rings. The number of ether oxygens (including phenoxy) is 1. The van der Waals surface area contributed by atoms with E-state index >= 15 is 0 Å². The summed E-state index contributed by atoms with van der Waals surface area (Å²) in [6, 6.07) is 0. The van der Waals surface area contributed by atoms with Crippen molar-refractivity contribution in [1.29, 1.82) is 0 Å². The Bertz CT molecular complexity index is 211.